The van der Waals surface area contributed by atoms with E-state index in [1.54, 1.807) is 24.3 Å². The Morgan fingerprint density at radius 3 is 2.47 bits per heavy atom. The van der Waals surface area contributed by atoms with Crippen LogP contribution in [0.5, 0.6) is 0 Å². The number of carbonyl (C=O) groups is 1. The molecule has 0 aliphatic rings. The van der Waals surface area contributed by atoms with E-state index in [9.17, 15) is 4.79 Å². The Morgan fingerprint density at radius 1 is 1.26 bits per heavy atom. The van der Waals surface area contributed by atoms with Crippen LogP contribution in [0.4, 0.5) is 5.69 Å². The minimum absolute atomic E-state index is 0.0959. The second-order valence-corrected chi connectivity index (χ2v) is 5.19. The van der Waals surface area contributed by atoms with E-state index in [4.69, 9.17) is 23.8 Å². The van der Waals surface area contributed by atoms with Gasteiger partial charge in [-0.25, -0.2) is 0 Å². The molecule has 0 saturated carbocycles. The van der Waals surface area contributed by atoms with Crippen LogP contribution in [0.15, 0.2) is 24.3 Å². The zero-order chi connectivity index (χ0) is 14.3. The topological polar surface area (TPSA) is 57.6 Å². The largest absolute Gasteiger partial charge is 0.339 e. The molecule has 0 aliphatic heterocycles. The number of hydrogen-bond donors (Lipinski definition) is 4. The van der Waals surface area contributed by atoms with Crippen molar-refractivity contribution in [1.82, 2.24) is 10.9 Å². The van der Waals surface area contributed by atoms with Crippen LogP contribution in [-0.4, -0.2) is 31.7 Å². The first-order valence-electron chi connectivity index (χ1n) is 5.88. The molecule has 0 fully saturated rings. The number of amides is 1. The van der Waals surface area contributed by atoms with Gasteiger partial charge in [0.25, 0.3) is 0 Å². The second-order valence-electron chi connectivity index (χ2n) is 4.34. The molecule has 1 rings (SSSR count). The molecule has 0 radical (unpaired) electrons. The molecule has 0 aromatic heterocycles. The maximum Gasteiger partial charge on any atom is 0.244 e. The molecule has 0 unspecified atom stereocenters. The molecular weight excluding hydrogens is 284 g/mol. The molecule has 1 aromatic rings. The molecule has 19 heavy (non-hydrogen) atoms. The summed E-state index contributed by atoms with van der Waals surface area (Å²) in [4.78, 5) is 12.7. The normalized spacial score (nSPS) is 10.1. The van der Waals surface area contributed by atoms with Gasteiger partial charge in [0.2, 0.25) is 5.91 Å². The van der Waals surface area contributed by atoms with Crippen LogP contribution in [0.25, 0.3) is 0 Å². The van der Waals surface area contributed by atoms with Gasteiger partial charge >= 0.3 is 0 Å². The Balaban J connectivity index is 2.28. The van der Waals surface area contributed by atoms with E-state index in [0.29, 0.717) is 16.6 Å². The lowest BCUT2D eigenvalue weighted by Gasteiger charge is -2.12. The SMILES string of the molecule is C[NH+](C)CCC(=O)NNC(=S)Nc1ccc(Cl)cc1. The third kappa shape index (κ3) is 6.95. The van der Waals surface area contributed by atoms with Gasteiger partial charge in [-0.2, -0.15) is 0 Å². The smallest absolute Gasteiger partial charge is 0.244 e. The van der Waals surface area contributed by atoms with Crippen LogP contribution in [0.2, 0.25) is 5.02 Å². The van der Waals surface area contributed by atoms with Crippen molar-refractivity contribution < 1.29 is 9.69 Å². The third-order valence-electron chi connectivity index (χ3n) is 2.27. The standard InChI is InChI=1S/C12H17ClN4OS/c1-17(2)8-7-11(18)15-16-12(19)14-10-5-3-9(13)4-6-10/h3-6H,7-8H2,1-2H3,(H,15,18)(H2,14,16,19)/p+1. The van der Waals surface area contributed by atoms with Gasteiger partial charge in [0.15, 0.2) is 5.11 Å². The molecule has 1 aromatic carbocycles. The van der Waals surface area contributed by atoms with Crippen molar-refractivity contribution in [2.75, 3.05) is 26.0 Å². The average molecular weight is 302 g/mol. The number of hydrazine groups is 1. The van der Waals surface area contributed by atoms with Gasteiger partial charge in [0, 0.05) is 10.7 Å². The fourth-order valence-electron chi connectivity index (χ4n) is 1.25. The number of anilines is 1. The molecule has 0 heterocycles. The number of benzene rings is 1. The summed E-state index contributed by atoms with van der Waals surface area (Å²) < 4.78 is 0. The predicted octanol–water partition coefficient (Wildman–Crippen LogP) is 0.192. The zero-order valence-electron chi connectivity index (χ0n) is 10.9. The molecule has 0 saturated heterocycles. The van der Waals surface area contributed by atoms with Crippen molar-refractivity contribution in [2.45, 2.75) is 6.42 Å². The molecule has 0 atom stereocenters. The van der Waals surface area contributed by atoms with Crippen molar-refractivity contribution >= 4 is 40.5 Å². The Kier molecular flexibility index (Phi) is 6.55. The highest BCUT2D eigenvalue weighted by Crippen LogP contribution is 2.12. The molecule has 104 valence electrons. The highest BCUT2D eigenvalue weighted by molar-refractivity contribution is 7.80. The van der Waals surface area contributed by atoms with Gasteiger partial charge in [0.1, 0.15) is 0 Å². The number of quaternary nitrogens is 1. The summed E-state index contributed by atoms with van der Waals surface area (Å²) in [5.41, 5.74) is 5.99. The summed E-state index contributed by atoms with van der Waals surface area (Å²) in [6.07, 6.45) is 0.443. The van der Waals surface area contributed by atoms with Gasteiger partial charge < -0.3 is 10.2 Å². The molecule has 4 N–H and O–H groups in total. The van der Waals surface area contributed by atoms with Gasteiger partial charge in [0.05, 0.1) is 27.1 Å². The number of thiocarbonyl (C=S) groups is 1. The number of carbonyl (C=O) groups excluding carboxylic acids is 1. The van der Waals surface area contributed by atoms with Crippen molar-refractivity contribution in [3.63, 3.8) is 0 Å². The predicted molar refractivity (Wildman–Crippen MR) is 81.2 cm³/mol. The van der Waals surface area contributed by atoms with E-state index >= 15 is 0 Å². The van der Waals surface area contributed by atoms with Crippen LogP contribution < -0.4 is 21.1 Å². The summed E-state index contributed by atoms with van der Waals surface area (Å²) >= 11 is 10.8. The summed E-state index contributed by atoms with van der Waals surface area (Å²) in [6, 6.07) is 7.11. The van der Waals surface area contributed by atoms with E-state index < -0.39 is 0 Å². The molecule has 0 aliphatic carbocycles. The second kappa shape index (κ2) is 7.93. The quantitative estimate of drug-likeness (QED) is 0.474. The fourth-order valence-corrected chi connectivity index (χ4v) is 1.54. The molecule has 7 heteroatoms. The Labute approximate surface area is 123 Å². The minimum atomic E-state index is -0.0959. The van der Waals surface area contributed by atoms with E-state index in [1.807, 2.05) is 14.1 Å². The first kappa shape index (κ1) is 15.7. The third-order valence-corrected chi connectivity index (χ3v) is 2.73. The minimum Gasteiger partial charge on any atom is -0.339 e. The summed E-state index contributed by atoms with van der Waals surface area (Å²) in [5, 5.41) is 3.91. The lowest BCUT2D eigenvalue weighted by Crippen LogP contribution is -3.05. The van der Waals surface area contributed by atoms with Crippen LogP contribution in [0.1, 0.15) is 6.42 Å². The lowest BCUT2D eigenvalue weighted by atomic mass is 10.3. The monoisotopic (exact) mass is 301 g/mol. The first-order valence-corrected chi connectivity index (χ1v) is 6.66. The first-order chi connectivity index (χ1) is 8.97. The highest BCUT2D eigenvalue weighted by atomic mass is 35.5. The number of nitrogens with one attached hydrogen (secondary N) is 4. The van der Waals surface area contributed by atoms with Crippen molar-refractivity contribution in [2.24, 2.45) is 0 Å². The van der Waals surface area contributed by atoms with E-state index in [1.165, 1.54) is 4.90 Å². The molecule has 0 bridgehead atoms. The van der Waals surface area contributed by atoms with E-state index in [-0.39, 0.29) is 5.91 Å². The Morgan fingerprint density at radius 2 is 1.89 bits per heavy atom. The van der Waals surface area contributed by atoms with Crippen LogP contribution >= 0.6 is 23.8 Å². The number of rotatable bonds is 4. The van der Waals surface area contributed by atoms with Crippen LogP contribution in [-0.2, 0) is 4.79 Å². The average Bonchev–Trinajstić information content (AvgIpc) is 2.36. The highest BCUT2D eigenvalue weighted by Gasteiger charge is 2.04. The molecule has 0 spiro atoms. The van der Waals surface area contributed by atoms with Crippen molar-refractivity contribution in [3.05, 3.63) is 29.3 Å². The lowest BCUT2D eigenvalue weighted by molar-refractivity contribution is -0.857. The van der Waals surface area contributed by atoms with E-state index in [2.05, 4.69) is 16.2 Å². The summed E-state index contributed by atoms with van der Waals surface area (Å²) in [7, 11) is 3.99. The summed E-state index contributed by atoms with van der Waals surface area (Å²) in [5.74, 6) is -0.0959. The Hall–Kier alpha value is -1.37. The maximum atomic E-state index is 11.5. The summed E-state index contributed by atoms with van der Waals surface area (Å²) in [6.45, 7) is 0.769. The molecular formula is C12H18ClN4OS+. The van der Waals surface area contributed by atoms with Gasteiger partial charge in [-0.05, 0) is 36.5 Å². The number of halogens is 1. The van der Waals surface area contributed by atoms with Crippen molar-refractivity contribution in [3.8, 4) is 0 Å². The van der Waals surface area contributed by atoms with Crippen LogP contribution in [0, 0.1) is 0 Å². The van der Waals surface area contributed by atoms with E-state index in [0.717, 1.165) is 12.2 Å². The number of hydrogen-bond acceptors (Lipinski definition) is 2. The molecule has 1 amide bonds. The zero-order valence-corrected chi connectivity index (χ0v) is 12.5. The van der Waals surface area contributed by atoms with Crippen LogP contribution in [0.3, 0.4) is 0 Å². The fraction of sp³-hybridized carbons (Fsp3) is 0.333. The molecule has 5 nitrogen and oxygen atoms in total. The van der Waals surface area contributed by atoms with Crippen molar-refractivity contribution in [1.29, 1.82) is 0 Å². The van der Waals surface area contributed by atoms with Gasteiger partial charge in [-0.3, -0.25) is 15.6 Å². The maximum absolute atomic E-state index is 11.5. The Bertz CT molecular complexity index is 436. The van der Waals surface area contributed by atoms with Gasteiger partial charge in [-0.15, -0.1) is 0 Å². The van der Waals surface area contributed by atoms with Gasteiger partial charge in [-0.1, -0.05) is 11.6 Å².